The van der Waals surface area contributed by atoms with Gasteiger partial charge < -0.3 is 5.32 Å². The fraction of sp³-hybridized carbons (Fsp3) is 0.304. The van der Waals surface area contributed by atoms with Gasteiger partial charge in [-0.05, 0) is 43.2 Å². The van der Waals surface area contributed by atoms with Gasteiger partial charge in [0.05, 0.1) is 18.3 Å². The van der Waals surface area contributed by atoms with Crippen molar-refractivity contribution in [3.63, 3.8) is 0 Å². The topological polar surface area (TPSA) is 77.6 Å². The van der Waals surface area contributed by atoms with Crippen molar-refractivity contribution in [2.75, 3.05) is 11.6 Å². The first-order valence-electron chi connectivity index (χ1n) is 10.7. The summed E-state index contributed by atoms with van der Waals surface area (Å²) >= 11 is 1.51. The third-order valence-electron chi connectivity index (χ3n) is 6.38. The van der Waals surface area contributed by atoms with Crippen molar-refractivity contribution in [1.82, 2.24) is 24.3 Å². The Labute approximate surface area is 187 Å². The van der Waals surface area contributed by atoms with Crippen LogP contribution in [0.5, 0.6) is 0 Å². The van der Waals surface area contributed by atoms with E-state index in [1.54, 1.807) is 12.1 Å². The van der Waals surface area contributed by atoms with Crippen LogP contribution in [-0.4, -0.2) is 36.6 Å². The lowest BCUT2D eigenvalue weighted by Crippen LogP contribution is -2.15. The molecule has 0 unspecified atom stereocenters. The molecule has 1 fully saturated rings. The van der Waals surface area contributed by atoms with Gasteiger partial charge in [-0.1, -0.05) is 30.3 Å². The van der Waals surface area contributed by atoms with Gasteiger partial charge in [0.25, 0.3) is 5.56 Å². The molecule has 0 radical (unpaired) electrons. The molecule has 1 saturated carbocycles. The molecule has 0 saturated heterocycles. The Morgan fingerprint density at radius 2 is 2.00 bits per heavy atom. The van der Waals surface area contributed by atoms with E-state index < -0.39 is 5.95 Å². The normalized spacial score (nSPS) is 19.2. The summed E-state index contributed by atoms with van der Waals surface area (Å²) in [6.45, 7) is 0.526. The zero-order chi connectivity index (χ0) is 21.8. The number of fused-ring (bicyclic) bond motifs is 5. The molecular weight excluding hydrogens is 427 g/mol. The number of anilines is 1. The Bertz CT molecular complexity index is 1400. The van der Waals surface area contributed by atoms with E-state index in [2.05, 4.69) is 19.9 Å². The number of hydrogen-bond acceptors (Lipinski definition) is 6. The number of pyridine rings is 1. The minimum Gasteiger partial charge on any atom is -0.351 e. The quantitative estimate of drug-likeness (QED) is 0.374. The molecule has 32 heavy (non-hydrogen) atoms. The molecule has 1 N–H and O–H groups in total. The number of nitrogens with one attached hydrogen (secondary N) is 1. The lowest BCUT2D eigenvalue weighted by atomic mass is 10.1. The highest BCUT2D eigenvalue weighted by molar-refractivity contribution is 7.98. The highest BCUT2D eigenvalue weighted by Gasteiger charge is 2.38. The average molecular weight is 449 g/mol. The van der Waals surface area contributed by atoms with Crippen LogP contribution in [0.3, 0.4) is 0 Å². The monoisotopic (exact) mass is 448 g/mol. The molecule has 2 aliphatic rings. The summed E-state index contributed by atoms with van der Waals surface area (Å²) in [6.07, 6.45) is 5.28. The summed E-state index contributed by atoms with van der Waals surface area (Å²) in [6, 6.07) is 13.2. The number of aromatic nitrogens is 5. The predicted molar refractivity (Wildman–Crippen MR) is 123 cm³/mol. The summed E-state index contributed by atoms with van der Waals surface area (Å²) in [7, 11) is 0. The lowest BCUT2D eigenvalue weighted by molar-refractivity contribution is 0.537. The summed E-state index contributed by atoms with van der Waals surface area (Å²) in [4.78, 5) is 21.1. The van der Waals surface area contributed by atoms with Crippen LogP contribution < -0.4 is 10.9 Å². The van der Waals surface area contributed by atoms with Gasteiger partial charge >= 0.3 is 0 Å². The molecular formula is C23H21FN6OS. The average Bonchev–Trinajstić information content (AvgIpc) is 3.47. The van der Waals surface area contributed by atoms with E-state index in [9.17, 15) is 9.18 Å². The number of hydrogen-bond donors (Lipinski definition) is 1. The van der Waals surface area contributed by atoms with E-state index in [-0.39, 0.29) is 5.56 Å². The van der Waals surface area contributed by atoms with Crippen LogP contribution in [0.4, 0.5) is 10.3 Å². The van der Waals surface area contributed by atoms with Crippen molar-refractivity contribution in [2.45, 2.75) is 42.9 Å². The van der Waals surface area contributed by atoms with E-state index in [1.807, 2.05) is 35.2 Å². The first-order valence-corrected chi connectivity index (χ1v) is 11.9. The van der Waals surface area contributed by atoms with Crippen LogP contribution in [0.1, 0.15) is 30.9 Å². The molecule has 0 bridgehead atoms. The second kappa shape index (κ2) is 7.44. The Kier molecular flexibility index (Phi) is 4.53. The lowest BCUT2D eigenvalue weighted by Gasteiger charge is -2.11. The number of rotatable bonds is 4. The second-order valence-electron chi connectivity index (χ2n) is 8.27. The maximum atomic E-state index is 13.5. The predicted octanol–water partition coefficient (Wildman–Crippen LogP) is 4.08. The largest absolute Gasteiger partial charge is 0.351 e. The van der Waals surface area contributed by atoms with Gasteiger partial charge in [-0.15, -0.1) is 11.8 Å². The maximum absolute atomic E-state index is 13.5. The minimum atomic E-state index is -0.495. The van der Waals surface area contributed by atoms with Gasteiger partial charge in [0.15, 0.2) is 5.65 Å². The van der Waals surface area contributed by atoms with Gasteiger partial charge in [0.1, 0.15) is 10.4 Å². The van der Waals surface area contributed by atoms with Crippen LogP contribution in [-0.2, 0) is 6.54 Å². The third-order valence-corrected chi connectivity index (χ3v) is 7.18. The van der Waals surface area contributed by atoms with Crippen LogP contribution in [0.2, 0.25) is 0 Å². The molecule has 7 nitrogen and oxygen atoms in total. The SMILES string of the molecule is CSc1c2c(=O)nc3n(c2nn1Cc1ccc(-c2cccc(F)n2)cc1)[C@H]1CCC[C@H]1N3. The molecule has 162 valence electrons. The van der Waals surface area contributed by atoms with Crippen molar-refractivity contribution in [1.29, 1.82) is 0 Å². The van der Waals surface area contributed by atoms with E-state index >= 15 is 0 Å². The van der Waals surface area contributed by atoms with Crippen molar-refractivity contribution in [2.24, 2.45) is 0 Å². The van der Waals surface area contributed by atoms with Crippen LogP contribution in [0, 0.1) is 5.95 Å². The molecule has 0 amide bonds. The van der Waals surface area contributed by atoms with Gasteiger partial charge in [-0.3, -0.25) is 14.0 Å². The smallest absolute Gasteiger partial charge is 0.286 e. The van der Waals surface area contributed by atoms with Gasteiger partial charge in [-0.2, -0.15) is 14.5 Å². The Morgan fingerprint density at radius 3 is 2.78 bits per heavy atom. The van der Waals surface area contributed by atoms with Crippen molar-refractivity contribution in [3.05, 3.63) is 64.3 Å². The first-order chi connectivity index (χ1) is 15.6. The Balaban J connectivity index is 1.39. The van der Waals surface area contributed by atoms with E-state index in [0.29, 0.717) is 41.3 Å². The molecule has 6 rings (SSSR count). The van der Waals surface area contributed by atoms with Crippen molar-refractivity contribution < 1.29 is 4.39 Å². The number of nitrogens with zero attached hydrogens (tertiary/aromatic N) is 5. The molecule has 4 aromatic rings. The Morgan fingerprint density at radius 1 is 1.16 bits per heavy atom. The highest BCUT2D eigenvalue weighted by atomic mass is 32.2. The third kappa shape index (κ3) is 3.02. The number of benzene rings is 1. The zero-order valence-corrected chi connectivity index (χ0v) is 18.3. The van der Waals surface area contributed by atoms with E-state index in [0.717, 1.165) is 35.4 Å². The molecule has 2 atom stereocenters. The minimum absolute atomic E-state index is 0.234. The zero-order valence-electron chi connectivity index (χ0n) is 17.5. The summed E-state index contributed by atoms with van der Waals surface area (Å²) < 4.78 is 17.5. The van der Waals surface area contributed by atoms with Gasteiger partial charge in [0.2, 0.25) is 11.9 Å². The molecule has 3 aromatic heterocycles. The summed E-state index contributed by atoms with van der Waals surface area (Å²) in [5, 5.41) is 9.71. The fourth-order valence-electron chi connectivity index (χ4n) is 4.93. The van der Waals surface area contributed by atoms with Crippen LogP contribution in [0.25, 0.3) is 22.3 Å². The first kappa shape index (κ1) is 19.5. The second-order valence-corrected chi connectivity index (χ2v) is 9.06. The molecule has 9 heteroatoms. The van der Waals surface area contributed by atoms with Crippen molar-refractivity contribution >= 4 is 28.7 Å². The number of thioether (sulfide) groups is 1. The van der Waals surface area contributed by atoms with Crippen LogP contribution >= 0.6 is 11.8 Å². The molecule has 1 aliphatic heterocycles. The van der Waals surface area contributed by atoms with Gasteiger partial charge in [-0.25, -0.2) is 4.98 Å². The fourth-order valence-corrected chi connectivity index (χ4v) is 5.63. The van der Waals surface area contributed by atoms with Crippen LogP contribution in [0.15, 0.2) is 52.3 Å². The van der Waals surface area contributed by atoms with Gasteiger partial charge in [0, 0.05) is 11.6 Å². The van der Waals surface area contributed by atoms with E-state index in [1.165, 1.54) is 17.8 Å². The maximum Gasteiger partial charge on any atom is 0.286 e. The number of halogens is 1. The molecule has 1 aromatic carbocycles. The van der Waals surface area contributed by atoms with E-state index in [4.69, 9.17) is 5.10 Å². The highest BCUT2D eigenvalue weighted by Crippen LogP contribution is 2.41. The molecule has 1 aliphatic carbocycles. The molecule has 4 heterocycles. The summed E-state index contributed by atoms with van der Waals surface area (Å²) in [5.74, 6) is 0.145. The standard InChI is InChI=1S/C23H21FN6OS/c1-32-22-19-20(30-17-6-2-5-16(17)26-23(30)27-21(19)31)28-29(22)12-13-8-10-14(11-9-13)15-4-3-7-18(24)25-15/h3-4,7-11,16-17H,2,5-6,12H2,1H3,(H,26,27,31)/t16-,17+/m1/s1. The summed E-state index contributed by atoms with van der Waals surface area (Å²) in [5.41, 5.74) is 2.96. The molecule has 0 spiro atoms. The van der Waals surface area contributed by atoms with Crippen molar-refractivity contribution in [3.8, 4) is 11.3 Å². The Hall–Kier alpha value is -3.20.